The first-order chi connectivity index (χ1) is 33.2. The molecular formula is C54H54N8O6. The summed E-state index contributed by atoms with van der Waals surface area (Å²) in [4.78, 5) is 95.6. The first kappa shape index (κ1) is 43.4. The van der Waals surface area contributed by atoms with Crippen LogP contribution in [-0.4, -0.2) is 106 Å². The summed E-state index contributed by atoms with van der Waals surface area (Å²) in [6, 6.07) is 39.8. The minimum atomic E-state index is -0.788. The Kier molecular flexibility index (Phi) is 11.5. The Hall–Kier alpha value is -7.22. The van der Waals surface area contributed by atoms with Gasteiger partial charge in [-0.15, -0.1) is 0 Å². The molecule has 2 unspecified atom stereocenters. The first-order valence-corrected chi connectivity index (χ1v) is 24.0. The van der Waals surface area contributed by atoms with Crippen molar-refractivity contribution >= 4 is 35.4 Å². The molecule has 4 saturated carbocycles. The number of amides is 6. The lowest BCUT2D eigenvalue weighted by Crippen LogP contribution is -2.43. The number of nitrogens with one attached hydrogen (secondary N) is 4. The van der Waals surface area contributed by atoms with Gasteiger partial charge in [0.05, 0.1) is 29.2 Å². The molecule has 6 amide bonds. The Bertz CT molecular complexity index is 2370. The predicted octanol–water partition coefficient (Wildman–Crippen LogP) is 4.54. The van der Waals surface area contributed by atoms with E-state index in [2.05, 4.69) is 31.2 Å². The van der Waals surface area contributed by atoms with Gasteiger partial charge in [0.15, 0.2) is 0 Å². The summed E-state index contributed by atoms with van der Waals surface area (Å²) in [6.07, 6.45) is 5.77. The second kappa shape index (κ2) is 18.1. The molecule has 14 heteroatoms. The number of hydrogen-bond donors (Lipinski definition) is 4. The fourth-order valence-electron chi connectivity index (χ4n) is 10.7. The maximum atomic E-state index is 14.1. The second-order valence-corrected chi connectivity index (χ2v) is 19.6. The largest absolute Gasteiger partial charge is 0.352 e. The van der Waals surface area contributed by atoms with Gasteiger partial charge >= 0.3 is 0 Å². The zero-order valence-corrected chi connectivity index (χ0v) is 37.5. The maximum absolute atomic E-state index is 14.1. The van der Waals surface area contributed by atoms with Crippen LogP contribution >= 0.6 is 0 Å². The summed E-state index contributed by atoms with van der Waals surface area (Å²) in [5.41, 5.74) is 4.69. The van der Waals surface area contributed by atoms with Crippen molar-refractivity contribution < 1.29 is 28.8 Å². The molecule has 2 aliphatic heterocycles. The number of carbonyl (C=O) groups is 6. The number of carbonyl (C=O) groups excluding carboxylic acids is 6. The van der Waals surface area contributed by atoms with Crippen molar-refractivity contribution in [2.75, 3.05) is 26.2 Å². The molecular weight excluding hydrogens is 857 g/mol. The average molecular weight is 911 g/mol. The van der Waals surface area contributed by atoms with E-state index in [1.54, 1.807) is 0 Å². The van der Waals surface area contributed by atoms with Crippen LogP contribution in [0.1, 0.15) is 92.6 Å². The van der Waals surface area contributed by atoms with Crippen LogP contribution in [0.3, 0.4) is 0 Å². The lowest BCUT2D eigenvalue weighted by atomic mass is 9.94. The number of nitrogens with zero attached hydrogens (tertiary/aromatic N) is 4. The van der Waals surface area contributed by atoms with Gasteiger partial charge in [0, 0.05) is 86.4 Å². The summed E-state index contributed by atoms with van der Waals surface area (Å²) < 4.78 is 0. The SMILES string of the molecule is O=C(NC1CC1c1ccccc1)[C@@H]1CN(C(=O)c2cnc(C(=O)N3C[C@@H](C(=O)N[C@H]4C[C@@H]4c4ccccc4)[C@H](C(=O)N[C@H]4C[C@@H]4c4ccccc4)C3)nc2)C[C@H]1C(=O)N[C@H]1C[C@@H]1c1ccccc1. The maximum Gasteiger partial charge on any atom is 0.291 e. The Morgan fingerprint density at radius 3 is 0.926 bits per heavy atom. The molecule has 12 atom stereocenters. The first-order valence-electron chi connectivity index (χ1n) is 24.0. The van der Waals surface area contributed by atoms with E-state index in [-0.39, 0.29) is 109 Å². The third-order valence-electron chi connectivity index (χ3n) is 15.0. The van der Waals surface area contributed by atoms with Crippen LogP contribution < -0.4 is 21.3 Å². The lowest BCUT2D eigenvalue weighted by Gasteiger charge is -2.18. The molecule has 6 fully saturated rings. The summed E-state index contributed by atoms with van der Waals surface area (Å²) in [7, 11) is 0. The molecule has 0 bridgehead atoms. The molecule has 346 valence electrons. The van der Waals surface area contributed by atoms with Gasteiger partial charge in [0.2, 0.25) is 29.5 Å². The summed E-state index contributed by atoms with van der Waals surface area (Å²) in [5.74, 6) is -4.61. The molecule has 0 radical (unpaired) electrons. The smallest absolute Gasteiger partial charge is 0.291 e. The van der Waals surface area contributed by atoms with Crippen molar-refractivity contribution in [3.05, 3.63) is 167 Å². The number of benzene rings is 4. The Morgan fingerprint density at radius 1 is 0.382 bits per heavy atom. The number of aromatic nitrogens is 2. The summed E-state index contributed by atoms with van der Waals surface area (Å²) >= 11 is 0. The molecule has 14 nitrogen and oxygen atoms in total. The Labute approximate surface area is 394 Å². The highest BCUT2D eigenvalue weighted by Gasteiger charge is 2.51. The van der Waals surface area contributed by atoms with Crippen molar-refractivity contribution in [3.63, 3.8) is 0 Å². The topological polar surface area (TPSA) is 183 Å². The van der Waals surface area contributed by atoms with Gasteiger partial charge in [-0.25, -0.2) is 9.97 Å². The fourth-order valence-corrected chi connectivity index (χ4v) is 10.7. The van der Waals surface area contributed by atoms with Gasteiger partial charge in [-0.2, -0.15) is 0 Å². The number of likely N-dealkylation sites (tertiary alicyclic amines) is 2. The number of hydrogen-bond acceptors (Lipinski definition) is 8. The van der Waals surface area contributed by atoms with Crippen molar-refractivity contribution in [2.45, 2.75) is 73.5 Å². The Morgan fingerprint density at radius 2 is 0.647 bits per heavy atom. The van der Waals surface area contributed by atoms with E-state index in [1.807, 2.05) is 121 Å². The van der Waals surface area contributed by atoms with Gasteiger partial charge < -0.3 is 31.1 Å². The summed E-state index contributed by atoms with van der Waals surface area (Å²) in [6.45, 7) is 0.0603. The van der Waals surface area contributed by atoms with Crippen LogP contribution in [0.15, 0.2) is 134 Å². The standard InChI is InChI=1S/C54H54N8O6/c63-49(57-44-21-36(44)31-13-5-1-6-14-31)40-27-61(28-41(40)50(64)58-45-22-37(45)32-15-7-2-8-16-32)53(67)35-25-55-48(56-26-35)54(68)62-29-42(51(65)59-46-23-38(46)33-17-9-3-10-18-33)43(30-62)52(66)60-47-24-39(47)34-19-11-4-12-20-34/h1-20,25-26,36-47H,21-24,27-30H2,(H,57,63)(H,58,64)(H,59,65)(H,60,66)/t36-,37?,38-,39-,40-,41-,42-,43-,44+,45?,46+,47+/m1/s1. The van der Waals surface area contributed by atoms with Crippen LogP contribution in [0.25, 0.3) is 0 Å². The van der Waals surface area contributed by atoms with E-state index in [1.165, 1.54) is 22.2 Å². The fraction of sp³-hybridized carbons (Fsp3) is 0.370. The van der Waals surface area contributed by atoms with Crippen molar-refractivity contribution in [1.29, 1.82) is 0 Å². The van der Waals surface area contributed by atoms with Crippen LogP contribution in [0.5, 0.6) is 0 Å². The van der Waals surface area contributed by atoms with Crippen molar-refractivity contribution in [3.8, 4) is 0 Å². The quantitative estimate of drug-likeness (QED) is 0.125. The van der Waals surface area contributed by atoms with E-state index in [4.69, 9.17) is 0 Å². The minimum Gasteiger partial charge on any atom is -0.352 e. The molecule has 0 spiro atoms. The minimum absolute atomic E-state index is 0.00286. The normalized spacial score (nSPS) is 29.6. The average Bonchev–Trinajstić information content (AvgIpc) is 4.31. The molecule has 4 aliphatic carbocycles. The highest BCUT2D eigenvalue weighted by molar-refractivity contribution is 5.98. The van der Waals surface area contributed by atoms with Crippen LogP contribution in [0.2, 0.25) is 0 Å². The highest BCUT2D eigenvalue weighted by atomic mass is 16.2. The van der Waals surface area contributed by atoms with Crippen LogP contribution in [-0.2, 0) is 19.2 Å². The van der Waals surface area contributed by atoms with E-state index >= 15 is 0 Å². The molecule has 1 aromatic heterocycles. The van der Waals surface area contributed by atoms with Gasteiger partial charge in [-0.3, -0.25) is 28.8 Å². The van der Waals surface area contributed by atoms with Gasteiger partial charge in [-0.05, 0) is 47.9 Å². The van der Waals surface area contributed by atoms with Gasteiger partial charge in [-0.1, -0.05) is 121 Å². The molecule has 6 aliphatic rings. The molecule has 4 aromatic carbocycles. The molecule has 3 heterocycles. The van der Waals surface area contributed by atoms with Crippen molar-refractivity contribution in [2.24, 2.45) is 23.7 Å². The predicted molar refractivity (Wildman–Crippen MR) is 251 cm³/mol. The molecule has 11 rings (SSSR count). The molecule has 2 saturated heterocycles. The van der Waals surface area contributed by atoms with Crippen LogP contribution in [0.4, 0.5) is 0 Å². The van der Waals surface area contributed by atoms with Gasteiger partial charge in [0.1, 0.15) is 0 Å². The Balaban J connectivity index is 0.756. The monoisotopic (exact) mass is 910 g/mol. The van der Waals surface area contributed by atoms with Crippen LogP contribution in [0, 0.1) is 23.7 Å². The second-order valence-electron chi connectivity index (χ2n) is 19.6. The zero-order valence-electron chi connectivity index (χ0n) is 37.5. The highest BCUT2D eigenvalue weighted by Crippen LogP contribution is 2.44. The van der Waals surface area contributed by atoms with Gasteiger partial charge in [0.25, 0.3) is 11.8 Å². The van der Waals surface area contributed by atoms with E-state index in [0.29, 0.717) is 0 Å². The third kappa shape index (κ3) is 9.11. The van der Waals surface area contributed by atoms with E-state index in [0.717, 1.165) is 47.9 Å². The summed E-state index contributed by atoms with van der Waals surface area (Å²) in [5, 5.41) is 12.7. The lowest BCUT2D eigenvalue weighted by molar-refractivity contribution is -0.133. The van der Waals surface area contributed by atoms with E-state index < -0.39 is 35.5 Å². The molecule has 4 N–H and O–H groups in total. The molecule has 5 aromatic rings. The number of rotatable bonds is 14. The zero-order chi connectivity index (χ0) is 46.5. The van der Waals surface area contributed by atoms with Crippen molar-refractivity contribution in [1.82, 2.24) is 41.0 Å². The molecule has 68 heavy (non-hydrogen) atoms. The van der Waals surface area contributed by atoms with E-state index in [9.17, 15) is 28.8 Å². The third-order valence-corrected chi connectivity index (χ3v) is 15.0.